The Morgan fingerprint density at radius 2 is 2.25 bits per heavy atom. The second kappa shape index (κ2) is 6.98. The molecule has 0 spiro atoms. The number of aliphatic hydroxyl groups is 1. The molecule has 0 saturated carbocycles. The first-order valence-electron chi connectivity index (χ1n) is 6.29. The fourth-order valence-corrected chi connectivity index (χ4v) is 2.65. The topological polar surface area (TPSA) is 53.4 Å². The zero-order valence-electron chi connectivity index (χ0n) is 11.0. The number of carbonyl (C=O) groups is 1. The number of amides is 1. The number of rotatable bonds is 6. The van der Waals surface area contributed by atoms with Gasteiger partial charge in [-0.3, -0.25) is 4.79 Å². The highest BCUT2D eigenvalue weighted by atomic mass is 32.1. The Morgan fingerprint density at radius 1 is 1.45 bits per heavy atom. The summed E-state index contributed by atoms with van der Waals surface area (Å²) >= 11 is 1.54. The highest BCUT2D eigenvalue weighted by Gasteiger charge is 2.08. The number of nitrogens with zero attached hydrogens (tertiary/aromatic N) is 2. The van der Waals surface area contributed by atoms with Gasteiger partial charge >= 0.3 is 0 Å². The van der Waals surface area contributed by atoms with Gasteiger partial charge in [0.1, 0.15) is 5.01 Å². The van der Waals surface area contributed by atoms with Crippen molar-refractivity contribution in [2.45, 2.75) is 0 Å². The van der Waals surface area contributed by atoms with Gasteiger partial charge in [0.25, 0.3) is 0 Å². The molecule has 0 saturated heterocycles. The number of hydrogen-bond donors (Lipinski definition) is 1. The Bertz CT molecular complexity index is 601. The molecule has 0 atom stereocenters. The summed E-state index contributed by atoms with van der Waals surface area (Å²) in [5, 5.41) is 9.72. The van der Waals surface area contributed by atoms with Gasteiger partial charge in [-0.25, -0.2) is 4.98 Å². The van der Waals surface area contributed by atoms with E-state index in [-0.39, 0.29) is 12.5 Å². The highest BCUT2D eigenvalue weighted by Crippen LogP contribution is 2.22. The second-order valence-corrected chi connectivity index (χ2v) is 5.21. The van der Waals surface area contributed by atoms with Crippen molar-refractivity contribution in [1.82, 2.24) is 9.88 Å². The second-order valence-electron chi connectivity index (χ2n) is 4.15. The lowest BCUT2D eigenvalue weighted by molar-refractivity contribution is -0.125. The zero-order chi connectivity index (χ0) is 14.4. The van der Waals surface area contributed by atoms with Gasteiger partial charge in [-0.15, -0.1) is 17.9 Å². The Balaban J connectivity index is 2.10. The van der Waals surface area contributed by atoms with Gasteiger partial charge < -0.3 is 10.0 Å². The van der Waals surface area contributed by atoms with Gasteiger partial charge in [-0.1, -0.05) is 18.2 Å². The lowest BCUT2D eigenvalue weighted by Crippen LogP contribution is -2.32. The average molecular weight is 288 g/mol. The van der Waals surface area contributed by atoms with Crippen molar-refractivity contribution in [3.63, 3.8) is 0 Å². The fraction of sp³-hybridized carbons (Fsp3) is 0.200. The van der Waals surface area contributed by atoms with Crippen molar-refractivity contribution in [3.8, 4) is 0 Å². The van der Waals surface area contributed by atoms with Crippen molar-refractivity contribution < 1.29 is 9.90 Å². The van der Waals surface area contributed by atoms with Crippen molar-refractivity contribution >= 4 is 33.5 Å². The quantitative estimate of drug-likeness (QED) is 0.655. The van der Waals surface area contributed by atoms with Crippen LogP contribution in [0.25, 0.3) is 16.3 Å². The van der Waals surface area contributed by atoms with Crippen LogP contribution in [0.1, 0.15) is 5.01 Å². The van der Waals surface area contributed by atoms with E-state index in [1.54, 1.807) is 12.2 Å². The first kappa shape index (κ1) is 14.4. The molecule has 1 aromatic carbocycles. The van der Waals surface area contributed by atoms with E-state index in [1.165, 1.54) is 22.3 Å². The first-order valence-corrected chi connectivity index (χ1v) is 7.10. The summed E-state index contributed by atoms with van der Waals surface area (Å²) in [6, 6.07) is 7.85. The van der Waals surface area contributed by atoms with Gasteiger partial charge in [0.2, 0.25) is 5.91 Å². The highest BCUT2D eigenvalue weighted by molar-refractivity contribution is 7.19. The van der Waals surface area contributed by atoms with E-state index in [1.807, 2.05) is 24.3 Å². The monoisotopic (exact) mass is 288 g/mol. The van der Waals surface area contributed by atoms with Crippen LogP contribution in [0.5, 0.6) is 0 Å². The third kappa shape index (κ3) is 3.53. The lowest BCUT2D eigenvalue weighted by atomic mass is 10.3. The van der Waals surface area contributed by atoms with Crippen LogP contribution in [0.2, 0.25) is 0 Å². The van der Waals surface area contributed by atoms with Gasteiger partial charge in [-0.2, -0.15) is 0 Å². The van der Waals surface area contributed by atoms with E-state index in [0.29, 0.717) is 13.1 Å². The van der Waals surface area contributed by atoms with Crippen molar-refractivity contribution in [2.75, 3.05) is 19.7 Å². The average Bonchev–Trinajstić information content (AvgIpc) is 2.87. The number of benzene rings is 1. The molecule has 0 aliphatic carbocycles. The minimum Gasteiger partial charge on any atom is -0.395 e. The Morgan fingerprint density at radius 3 is 2.95 bits per heavy atom. The third-order valence-corrected chi connectivity index (χ3v) is 3.71. The van der Waals surface area contributed by atoms with E-state index in [2.05, 4.69) is 11.6 Å². The molecule has 1 amide bonds. The van der Waals surface area contributed by atoms with E-state index in [0.717, 1.165) is 15.2 Å². The number of aromatic nitrogens is 1. The van der Waals surface area contributed by atoms with Crippen LogP contribution in [0.15, 0.2) is 43.0 Å². The lowest BCUT2D eigenvalue weighted by Gasteiger charge is -2.17. The number of aliphatic hydroxyl groups excluding tert-OH is 1. The van der Waals surface area contributed by atoms with E-state index < -0.39 is 0 Å². The van der Waals surface area contributed by atoms with Crippen molar-refractivity contribution in [2.24, 2.45) is 0 Å². The van der Waals surface area contributed by atoms with Crippen LogP contribution in [0.3, 0.4) is 0 Å². The minimum absolute atomic E-state index is 0.0610. The molecule has 2 aromatic rings. The molecular weight excluding hydrogens is 272 g/mol. The molecular formula is C15H16N2O2S. The third-order valence-electron chi connectivity index (χ3n) is 2.71. The first-order chi connectivity index (χ1) is 9.74. The van der Waals surface area contributed by atoms with Crippen LogP contribution >= 0.6 is 11.3 Å². The molecule has 1 aromatic heterocycles. The van der Waals surface area contributed by atoms with E-state index in [9.17, 15) is 4.79 Å². The molecule has 0 bridgehead atoms. The molecule has 0 fully saturated rings. The molecule has 5 heteroatoms. The molecule has 104 valence electrons. The zero-order valence-corrected chi connectivity index (χ0v) is 11.8. The van der Waals surface area contributed by atoms with Gasteiger partial charge in [0, 0.05) is 19.2 Å². The SMILES string of the molecule is C=CCN(CCO)C(=O)/C=C/c1nc2ccccc2s1. The predicted molar refractivity (Wildman–Crippen MR) is 82.5 cm³/mol. The summed E-state index contributed by atoms with van der Waals surface area (Å²) in [5.41, 5.74) is 0.933. The molecule has 1 N–H and O–H groups in total. The summed E-state index contributed by atoms with van der Waals surface area (Å²) in [6.07, 6.45) is 4.83. The van der Waals surface area contributed by atoms with Crippen molar-refractivity contribution in [1.29, 1.82) is 0 Å². The number of carbonyl (C=O) groups excluding carboxylic acids is 1. The standard InChI is InChI=1S/C15H16N2O2S/c1-2-9-17(10-11-18)15(19)8-7-14-16-12-5-3-4-6-13(12)20-14/h2-8,18H,1,9-11H2/b8-7+. The maximum Gasteiger partial charge on any atom is 0.247 e. The van der Waals surface area contributed by atoms with E-state index in [4.69, 9.17) is 5.11 Å². The summed E-state index contributed by atoms with van der Waals surface area (Å²) in [4.78, 5) is 17.9. The van der Waals surface area contributed by atoms with Gasteiger partial charge in [0.05, 0.1) is 16.8 Å². The summed E-state index contributed by atoms with van der Waals surface area (Å²) in [6.45, 7) is 4.26. The summed E-state index contributed by atoms with van der Waals surface area (Å²) < 4.78 is 1.10. The number of hydrogen-bond acceptors (Lipinski definition) is 4. The Hall–Kier alpha value is -1.98. The minimum atomic E-state index is -0.154. The molecule has 0 aliphatic rings. The molecule has 2 rings (SSSR count). The smallest absolute Gasteiger partial charge is 0.247 e. The molecule has 0 radical (unpaired) electrons. The fourth-order valence-electron chi connectivity index (χ4n) is 1.78. The van der Waals surface area contributed by atoms with Crippen LogP contribution < -0.4 is 0 Å². The van der Waals surface area contributed by atoms with Crippen LogP contribution in [-0.4, -0.2) is 40.6 Å². The van der Waals surface area contributed by atoms with Crippen LogP contribution in [0, 0.1) is 0 Å². The number of fused-ring (bicyclic) bond motifs is 1. The van der Waals surface area contributed by atoms with E-state index >= 15 is 0 Å². The largest absolute Gasteiger partial charge is 0.395 e. The van der Waals surface area contributed by atoms with Gasteiger partial charge in [0.15, 0.2) is 0 Å². The molecule has 0 aliphatic heterocycles. The van der Waals surface area contributed by atoms with Gasteiger partial charge in [-0.05, 0) is 18.2 Å². The maximum atomic E-state index is 12.0. The molecule has 4 nitrogen and oxygen atoms in total. The molecule has 20 heavy (non-hydrogen) atoms. The molecule has 1 heterocycles. The van der Waals surface area contributed by atoms with Crippen LogP contribution in [-0.2, 0) is 4.79 Å². The summed E-state index contributed by atoms with van der Waals surface area (Å²) in [7, 11) is 0. The number of para-hydroxylation sites is 1. The summed E-state index contributed by atoms with van der Waals surface area (Å²) in [5.74, 6) is -0.154. The van der Waals surface area contributed by atoms with Crippen LogP contribution in [0.4, 0.5) is 0 Å². The normalized spacial score (nSPS) is 11.1. The van der Waals surface area contributed by atoms with Crippen molar-refractivity contribution in [3.05, 3.63) is 48.0 Å². The molecule has 0 unspecified atom stereocenters. The maximum absolute atomic E-state index is 12.0. The predicted octanol–water partition coefficient (Wildman–Crippen LogP) is 2.32. The number of thiazole rings is 1. The Labute approximate surface area is 121 Å². The Kier molecular flexibility index (Phi) is 5.03.